The van der Waals surface area contributed by atoms with Crippen LogP contribution in [-0.4, -0.2) is 34.0 Å². The van der Waals surface area contributed by atoms with Gasteiger partial charge in [0.15, 0.2) is 0 Å². The molecule has 1 aromatic heterocycles. The van der Waals surface area contributed by atoms with Crippen molar-refractivity contribution in [1.82, 2.24) is 14.9 Å². The summed E-state index contributed by atoms with van der Waals surface area (Å²) in [5, 5.41) is 2.98. The summed E-state index contributed by atoms with van der Waals surface area (Å²) >= 11 is 0. The van der Waals surface area contributed by atoms with E-state index in [2.05, 4.69) is 10.3 Å². The van der Waals surface area contributed by atoms with Gasteiger partial charge in [0.05, 0.1) is 6.04 Å². The molecule has 1 aliphatic heterocycles. The number of carbonyl (C=O) groups is 2. The van der Waals surface area contributed by atoms with Crippen molar-refractivity contribution in [3.63, 3.8) is 0 Å². The van der Waals surface area contributed by atoms with Crippen molar-refractivity contribution in [2.45, 2.75) is 32.0 Å². The second-order valence-electron chi connectivity index (χ2n) is 5.68. The van der Waals surface area contributed by atoms with E-state index < -0.39 is 5.91 Å². The maximum absolute atomic E-state index is 12.5. The molecular weight excluding hydrogens is 308 g/mol. The maximum Gasteiger partial charge on any atom is 0.251 e. The minimum Gasteiger partial charge on any atom is -0.368 e. The molecule has 126 valence electrons. The van der Waals surface area contributed by atoms with Crippen molar-refractivity contribution in [3.8, 4) is 0 Å². The van der Waals surface area contributed by atoms with Crippen LogP contribution in [0, 0.1) is 0 Å². The molecule has 7 heteroatoms. The summed E-state index contributed by atoms with van der Waals surface area (Å²) in [6, 6.07) is 6.21. The number of hydrogen-bond acceptors (Lipinski definition) is 4. The molecule has 1 fully saturated rings. The van der Waals surface area contributed by atoms with Crippen LogP contribution in [0.1, 0.15) is 46.0 Å². The van der Waals surface area contributed by atoms with E-state index in [-0.39, 0.29) is 18.1 Å². The molecule has 2 amide bonds. The Balaban J connectivity index is 1.76. The van der Waals surface area contributed by atoms with Gasteiger partial charge in [0.25, 0.3) is 5.91 Å². The van der Waals surface area contributed by atoms with E-state index in [1.807, 2.05) is 17.7 Å². The molecule has 1 aromatic carbocycles. The highest BCUT2D eigenvalue weighted by molar-refractivity contribution is 5.99. The van der Waals surface area contributed by atoms with E-state index in [0.717, 1.165) is 12.4 Å². The number of nitrogens with one attached hydrogen (secondary N) is 1. The topological polar surface area (TPSA) is 99.2 Å². The fourth-order valence-electron chi connectivity index (χ4n) is 2.90. The van der Waals surface area contributed by atoms with Crippen molar-refractivity contribution in [1.29, 1.82) is 0 Å². The monoisotopic (exact) mass is 328 g/mol. The minimum atomic E-state index is -0.559. The summed E-state index contributed by atoms with van der Waals surface area (Å²) in [5.74, 6) is -0.00362. The molecule has 0 spiro atoms. The number of aryl methyl sites for hydroxylation is 1. The first-order valence-electron chi connectivity index (χ1n) is 7.93. The average molecular weight is 328 g/mol. The van der Waals surface area contributed by atoms with Gasteiger partial charge in [-0.2, -0.15) is 0 Å². The Morgan fingerprint density at radius 2 is 2.21 bits per heavy atom. The molecule has 1 aliphatic rings. The van der Waals surface area contributed by atoms with E-state index >= 15 is 0 Å². The van der Waals surface area contributed by atoms with Gasteiger partial charge in [-0.3, -0.25) is 9.59 Å². The Kier molecular flexibility index (Phi) is 4.61. The van der Waals surface area contributed by atoms with Crippen LogP contribution >= 0.6 is 0 Å². The number of ether oxygens (including phenoxy) is 1. The molecule has 0 saturated carbocycles. The molecule has 3 N–H and O–H groups in total. The molecule has 1 saturated heterocycles. The third-order valence-electron chi connectivity index (χ3n) is 4.16. The smallest absolute Gasteiger partial charge is 0.251 e. The van der Waals surface area contributed by atoms with Crippen LogP contribution in [0.3, 0.4) is 0 Å². The molecule has 2 atom stereocenters. The van der Waals surface area contributed by atoms with Gasteiger partial charge in [-0.15, -0.1) is 0 Å². The zero-order valence-electron chi connectivity index (χ0n) is 13.4. The first-order valence-corrected chi connectivity index (χ1v) is 7.93. The van der Waals surface area contributed by atoms with Gasteiger partial charge in [0, 0.05) is 36.7 Å². The molecule has 24 heavy (non-hydrogen) atoms. The summed E-state index contributed by atoms with van der Waals surface area (Å²) in [5.41, 5.74) is 5.97. The summed E-state index contributed by atoms with van der Waals surface area (Å²) in [4.78, 5) is 28.1. The summed E-state index contributed by atoms with van der Waals surface area (Å²) in [6.45, 7) is 3.38. The lowest BCUT2D eigenvalue weighted by molar-refractivity contribution is 0.0775. The van der Waals surface area contributed by atoms with Crippen LogP contribution in [0.25, 0.3) is 0 Å². The van der Waals surface area contributed by atoms with Gasteiger partial charge < -0.3 is 20.4 Å². The van der Waals surface area contributed by atoms with Crippen LogP contribution in [0.15, 0.2) is 36.7 Å². The van der Waals surface area contributed by atoms with Crippen LogP contribution in [0.2, 0.25) is 0 Å². The lowest BCUT2D eigenvalue weighted by Crippen LogP contribution is -2.37. The largest absolute Gasteiger partial charge is 0.368 e. The van der Waals surface area contributed by atoms with Crippen molar-refractivity contribution in [3.05, 3.63) is 53.6 Å². The highest BCUT2D eigenvalue weighted by Crippen LogP contribution is 2.28. The Labute approximate surface area is 139 Å². The molecule has 3 rings (SSSR count). The van der Waals surface area contributed by atoms with Gasteiger partial charge in [-0.25, -0.2) is 4.98 Å². The van der Waals surface area contributed by atoms with Crippen LogP contribution < -0.4 is 11.1 Å². The molecular formula is C17H20N4O3. The summed E-state index contributed by atoms with van der Waals surface area (Å²) < 4.78 is 7.78. The van der Waals surface area contributed by atoms with E-state index in [1.165, 1.54) is 6.07 Å². The Hall–Kier alpha value is -2.67. The molecule has 7 nitrogen and oxygen atoms in total. The van der Waals surface area contributed by atoms with Gasteiger partial charge >= 0.3 is 0 Å². The third kappa shape index (κ3) is 3.16. The highest BCUT2D eigenvalue weighted by atomic mass is 16.5. The van der Waals surface area contributed by atoms with Crippen molar-refractivity contribution in [2.75, 3.05) is 6.61 Å². The molecule has 0 radical (unpaired) electrons. The number of nitrogens with two attached hydrogens (primary N) is 1. The first kappa shape index (κ1) is 16.2. The number of imidazole rings is 1. The SMILES string of the molecule is CCn1ccnc1[C@H]1OCC[C@@H]1NC(=O)c1cccc(C(N)=O)c1. The zero-order chi connectivity index (χ0) is 17.1. The Morgan fingerprint density at radius 1 is 1.42 bits per heavy atom. The third-order valence-corrected chi connectivity index (χ3v) is 4.16. The van der Waals surface area contributed by atoms with Gasteiger partial charge in [0.1, 0.15) is 11.9 Å². The molecule has 0 aliphatic carbocycles. The Morgan fingerprint density at radius 3 is 2.96 bits per heavy atom. The summed E-state index contributed by atoms with van der Waals surface area (Å²) in [6.07, 6.45) is 4.06. The Bertz CT molecular complexity index is 756. The van der Waals surface area contributed by atoms with E-state index in [0.29, 0.717) is 24.2 Å². The second-order valence-corrected chi connectivity index (χ2v) is 5.68. The highest BCUT2D eigenvalue weighted by Gasteiger charge is 2.34. The standard InChI is InChI=1S/C17H20N4O3/c1-2-21-8-7-19-16(21)14-13(6-9-24-14)20-17(23)12-5-3-4-11(10-12)15(18)22/h3-5,7-8,10,13-14H,2,6,9H2,1H3,(H2,18,22)(H,20,23)/t13-,14-/m0/s1. The lowest BCUT2D eigenvalue weighted by atomic mass is 10.1. The number of aromatic nitrogens is 2. The lowest BCUT2D eigenvalue weighted by Gasteiger charge is -2.20. The number of rotatable bonds is 5. The van der Waals surface area contributed by atoms with Crippen LogP contribution in [0.4, 0.5) is 0 Å². The number of primary amides is 1. The summed E-state index contributed by atoms with van der Waals surface area (Å²) in [7, 11) is 0. The molecule has 2 heterocycles. The average Bonchev–Trinajstić information content (AvgIpc) is 3.23. The fourth-order valence-corrected chi connectivity index (χ4v) is 2.90. The predicted octanol–water partition coefficient (Wildman–Crippen LogP) is 1.26. The quantitative estimate of drug-likeness (QED) is 0.863. The van der Waals surface area contributed by atoms with Gasteiger partial charge in [-0.1, -0.05) is 6.07 Å². The van der Waals surface area contributed by atoms with Gasteiger partial charge in [-0.05, 0) is 31.5 Å². The second kappa shape index (κ2) is 6.84. The number of amides is 2. The van der Waals surface area contributed by atoms with Crippen LogP contribution in [-0.2, 0) is 11.3 Å². The van der Waals surface area contributed by atoms with Gasteiger partial charge in [0.2, 0.25) is 5.91 Å². The van der Waals surface area contributed by atoms with Crippen molar-refractivity contribution >= 4 is 11.8 Å². The molecule has 0 unspecified atom stereocenters. The van der Waals surface area contributed by atoms with Crippen molar-refractivity contribution in [2.24, 2.45) is 5.73 Å². The van der Waals surface area contributed by atoms with E-state index in [1.54, 1.807) is 24.4 Å². The molecule has 2 aromatic rings. The number of hydrogen-bond donors (Lipinski definition) is 2. The van der Waals surface area contributed by atoms with E-state index in [4.69, 9.17) is 10.5 Å². The number of carbonyl (C=O) groups excluding carboxylic acids is 2. The van der Waals surface area contributed by atoms with E-state index in [9.17, 15) is 9.59 Å². The number of benzene rings is 1. The maximum atomic E-state index is 12.5. The van der Waals surface area contributed by atoms with Crippen LogP contribution in [0.5, 0.6) is 0 Å². The first-order chi connectivity index (χ1) is 11.6. The predicted molar refractivity (Wildman–Crippen MR) is 87.4 cm³/mol. The normalized spacial score (nSPS) is 20.0. The number of nitrogens with zero attached hydrogens (tertiary/aromatic N) is 2. The van der Waals surface area contributed by atoms with Crippen molar-refractivity contribution < 1.29 is 14.3 Å². The zero-order valence-corrected chi connectivity index (χ0v) is 13.4. The molecule has 0 bridgehead atoms. The minimum absolute atomic E-state index is 0.164. The fraction of sp³-hybridized carbons (Fsp3) is 0.353.